The van der Waals surface area contributed by atoms with Crippen LogP contribution < -0.4 is 5.32 Å². The fraction of sp³-hybridized carbons (Fsp3) is 0.385. The van der Waals surface area contributed by atoms with Gasteiger partial charge in [-0.2, -0.15) is 4.98 Å². The van der Waals surface area contributed by atoms with Crippen molar-refractivity contribution >= 4 is 11.8 Å². The molecule has 1 aromatic heterocycles. The average Bonchev–Trinajstić information content (AvgIpc) is 3.58. The van der Waals surface area contributed by atoms with Crippen LogP contribution >= 0.6 is 0 Å². The zero-order valence-electron chi connectivity index (χ0n) is 19.9. The first-order valence-corrected chi connectivity index (χ1v) is 11.9. The molecule has 1 saturated heterocycles. The number of hydrogen-bond donors (Lipinski definition) is 1. The third-order valence-electron chi connectivity index (χ3n) is 6.11. The molecule has 8 nitrogen and oxygen atoms in total. The van der Waals surface area contributed by atoms with Crippen LogP contribution in [0.25, 0.3) is 11.5 Å². The molecule has 1 aliphatic rings. The number of rotatable bonds is 10. The molecule has 2 heterocycles. The SMILES string of the molecule is CN(CCc1noc(-c2ccc(C(=O)NCCCN3CCCC3)cc2)n1)C(=O)c1ccc(F)cc1. The van der Waals surface area contributed by atoms with Crippen molar-refractivity contribution in [2.45, 2.75) is 25.7 Å². The van der Waals surface area contributed by atoms with Crippen LogP contribution in [-0.4, -0.2) is 71.5 Å². The van der Waals surface area contributed by atoms with Crippen LogP contribution in [0.15, 0.2) is 53.1 Å². The number of hydrogen-bond acceptors (Lipinski definition) is 6. The van der Waals surface area contributed by atoms with E-state index < -0.39 is 0 Å². The zero-order chi connectivity index (χ0) is 24.6. The second-order valence-corrected chi connectivity index (χ2v) is 8.73. The molecule has 1 N–H and O–H groups in total. The van der Waals surface area contributed by atoms with E-state index in [0.717, 1.165) is 26.1 Å². The molecule has 4 rings (SSSR count). The molecule has 0 saturated carbocycles. The largest absolute Gasteiger partial charge is 0.352 e. The molecule has 1 aliphatic heterocycles. The van der Waals surface area contributed by atoms with E-state index in [9.17, 15) is 14.0 Å². The molecule has 0 aliphatic carbocycles. The van der Waals surface area contributed by atoms with Gasteiger partial charge in [0, 0.05) is 43.2 Å². The lowest BCUT2D eigenvalue weighted by atomic mass is 10.1. The van der Waals surface area contributed by atoms with Crippen molar-refractivity contribution < 1.29 is 18.5 Å². The highest BCUT2D eigenvalue weighted by molar-refractivity contribution is 5.94. The predicted molar refractivity (Wildman–Crippen MR) is 129 cm³/mol. The summed E-state index contributed by atoms with van der Waals surface area (Å²) in [6.07, 6.45) is 3.90. The maximum absolute atomic E-state index is 13.1. The van der Waals surface area contributed by atoms with Crippen molar-refractivity contribution in [3.8, 4) is 11.5 Å². The molecule has 9 heteroatoms. The van der Waals surface area contributed by atoms with Gasteiger partial charge in [0.25, 0.3) is 17.7 Å². The summed E-state index contributed by atoms with van der Waals surface area (Å²) in [5, 5.41) is 6.96. The van der Waals surface area contributed by atoms with Crippen LogP contribution in [-0.2, 0) is 6.42 Å². The smallest absolute Gasteiger partial charge is 0.257 e. The molecule has 2 aromatic carbocycles. The Balaban J connectivity index is 1.24. The van der Waals surface area contributed by atoms with Gasteiger partial charge in [0.1, 0.15) is 5.82 Å². The predicted octanol–water partition coefficient (Wildman–Crippen LogP) is 3.41. The molecule has 0 radical (unpaired) electrons. The number of carbonyl (C=O) groups is 2. The van der Waals surface area contributed by atoms with Crippen LogP contribution in [0.3, 0.4) is 0 Å². The highest BCUT2D eigenvalue weighted by Crippen LogP contribution is 2.18. The number of aromatic nitrogens is 2. The minimum Gasteiger partial charge on any atom is -0.352 e. The van der Waals surface area contributed by atoms with Crippen LogP contribution in [0.2, 0.25) is 0 Å². The maximum Gasteiger partial charge on any atom is 0.257 e. The van der Waals surface area contributed by atoms with Gasteiger partial charge in [-0.1, -0.05) is 5.16 Å². The van der Waals surface area contributed by atoms with E-state index in [4.69, 9.17) is 4.52 Å². The molecule has 0 spiro atoms. The lowest BCUT2D eigenvalue weighted by Crippen LogP contribution is -2.29. The van der Waals surface area contributed by atoms with E-state index >= 15 is 0 Å². The van der Waals surface area contributed by atoms with Gasteiger partial charge in [0.05, 0.1) is 0 Å². The fourth-order valence-electron chi connectivity index (χ4n) is 4.03. The molecule has 1 fully saturated rings. The Hall–Kier alpha value is -3.59. The van der Waals surface area contributed by atoms with Gasteiger partial charge in [-0.05, 0) is 87.4 Å². The number of nitrogens with one attached hydrogen (secondary N) is 1. The molecular formula is C26H30FN5O3. The van der Waals surface area contributed by atoms with Crippen molar-refractivity contribution in [3.63, 3.8) is 0 Å². The van der Waals surface area contributed by atoms with E-state index in [1.807, 2.05) is 0 Å². The lowest BCUT2D eigenvalue weighted by molar-refractivity contribution is 0.0795. The molecule has 2 amide bonds. The van der Waals surface area contributed by atoms with Crippen molar-refractivity contribution in [3.05, 3.63) is 71.3 Å². The zero-order valence-corrected chi connectivity index (χ0v) is 19.9. The van der Waals surface area contributed by atoms with Crippen LogP contribution in [0.1, 0.15) is 45.8 Å². The third-order valence-corrected chi connectivity index (χ3v) is 6.11. The number of amides is 2. The Kier molecular flexibility index (Phi) is 8.20. The highest BCUT2D eigenvalue weighted by atomic mass is 19.1. The van der Waals surface area contributed by atoms with Crippen molar-refractivity contribution in [1.82, 2.24) is 25.3 Å². The number of nitrogens with zero attached hydrogens (tertiary/aromatic N) is 4. The minimum atomic E-state index is -0.384. The molecular weight excluding hydrogens is 449 g/mol. The third kappa shape index (κ3) is 6.73. The first kappa shape index (κ1) is 24.5. The summed E-state index contributed by atoms with van der Waals surface area (Å²) < 4.78 is 18.4. The Morgan fingerprint density at radius 1 is 1.06 bits per heavy atom. The maximum atomic E-state index is 13.1. The van der Waals surface area contributed by atoms with Crippen LogP contribution in [0.5, 0.6) is 0 Å². The molecule has 0 unspecified atom stereocenters. The van der Waals surface area contributed by atoms with E-state index in [1.165, 1.54) is 42.0 Å². The van der Waals surface area contributed by atoms with Gasteiger partial charge < -0.3 is 19.6 Å². The number of halogens is 1. The Morgan fingerprint density at radius 2 is 1.74 bits per heavy atom. The first-order valence-electron chi connectivity index (χ1n) is 11.9. The molecule has 0 atom stereocenters. The number of likely N-dealkylation sites (N-methyl/N-ethyl adjacent to an activating group) is 1. The molecule has 3 aromatic rings. The minimum absolute atomic E-state index is 0.0990. The first-order chi connectivity index (χ1) is 17.0. The van der Waals surface area contributed by atoms with Crippen LogP contribution in [0.4, 0.5) is 4.39 Å². The normalized spacial score (nSPS) is 13.7. The summed E-state index contributed by atoms with van der Waals surface area (Å²) in [7, 11) is 1.67. The van der Waals surface area contributed by atoms with Gasteiger partial charge in [0.15, 0.2) is 5.82 Å². The van der Waals surface area contributed by atoms with Gasteiger partial charge in [-0.15, -0.1) is 0 Å². The monoisotopic (exact) mass is 479 g/mol. The van der Waals surface area contributed by atoms with E-state index in [-0.39, 0.29) is 17.6 Å². The number of benzene rings is 2. The average molecular weight is 480 g/mol. The molecule has 35 heavy (non-hydrogen) atoms. The molecule has 184 valence electrons. The number of likely N-dealkylation sites (tertiary alicyclic amines) is 1. The van der Waals surface area contributed by atoms with E-state index in [2.05, 4.69) is 20.4 Å². The highest BCUT2D eigenvalue weighted by Gasteiger charge is 2.15. The standard InChI is InChI=1S/C26H30FN5O3/c1-31(26(34)21-9-11-22(27)12-10-21)18-13-23-29-25(35-30-23)20-7-5-19(6-8-20)24(33)28-14-4-17-32-15-2-3-16-32/h5-12H,2-4,13-18H2,1H3,(H,28,33). The summed E-state index contributed by atoms with van der Waals surface area (Å²) in [5.41, 5.74) is 1.71. The topological polar surface area (TPSA) is 91.6 Å². The lowest BCUT2D eigenvalue weighted by Gasteiger charge is -2.16. The van der Waals surface area contributed by atoms with E-state index in [0.29, 0.717) is 47.9 Å². The second-order valence-electron chi connectivity index (χ2n) is 8.73. The van der Waals surface area contributed by atoms with Gasteiger partial charge in [-0.25, -0.2) is 4.39 Å². The number of carbonyl (C=O) groups excluding carboxylic acids is 2. The van der Waals surface area contributed by atoms with E-state index in [1.54, 1.807) is 31.3 Å². The quantitative estimate of drug-likeness (QED) is 0.448. The Morgan fingerprint density at radius 3 is 2.46 bits per heavy atom. The second kappa shape index (κ2) is 11.7. The summed E-state index contributed by atoms with van der Waals surface area (Å²) in [6.45, 7) is 4.39. The summed E-state index contributed by atoms with van der Waals surface area (Å²) in [4.78, 5) is 33.2. The Bertz CT molecular complexity index is 1120. The van der Waals surface area contributed by atoms with Crippen molar-refractivity contribution in [2.75, 3.05) is 39.8 Å². The Labute approximate surface area is 204 Å². The summed E-state index contributed by atoms with van der Waals surface area (Å²) in [5.74, 6) is 0.130. The molecule has 0 bridgehead atoms. The van der Waals surface area contributed by atoms with Gasteiger partial charge in [-0.3, -0.25) is 9.59 Å². The van der Waals surface area contributed by atoms with Crippen molar-refractivity contribution in [1.29, 1.82) is 0 Å². The summed E-state index contributed by atoms with van der Waals surface area (Å²) >= 11 is 0. The van der Waals surface area contributed by atoms with Gasteiger partial charge in [0.2, 0.25) is 0 Å². The van der Waals surface area contributed by atoms with Gasteiger partial charge >= 0.3 is 0 Å². The summed E-state index contributed by atoms with van der Waals surface area (Å²) in [6, 6.07) is 12.5. The fourth-order valence-corrected chi connectivity index (χ4v) is 4.03. The van der Waals surface area contributed by atoms with Crippen LogP contribution in [0, 0.1) is 5.82 Å². The van der Waals surface area contributed by atoms with Crippen molar-refractivity contribution in [2.24, 2.45) is 0 Å².